The van der Waals surface area contributed by atoms with E-state index in [-0.39, 0.29) is 5.28 Å². The second-order valence-corrected chi connectivity index (χ2v) is 6.88. The van der Waals surface area contributed by atoms with Gasteiger partial charge in [0.25, 0.3) is 0 Å². The number of allylic oxidation sites excluding steroid dienone is 1. The molecule has 0 aliphatic heterocycles. The highest BCUT2D eigenvalue weighted by molar-refractivity contribution is 6.28. The van der Waals surface area contributed by atoms with Crippen LogP contribution in [0.3, 0.4) is 0 Å². The standard InChI is InChI=1S/C19H22ClN3O3/c1-6-7-13-12(2)14(22-18(24)26-19(3,4)5)8-9-15(13)25-16-10-11-21-17(20)23-16/h6-11H,1-5H3,(H,22,24)/b7-6-. The summed E-state index contributed by atoms with van der Waals surface area (Å²) in [5.41, 5.74) is 1.72. The second-order valence-electron chi connectivity index (χ2n) is 6.54. The zero-order chi connectivity index (χ0) is 19.3. The number of benzene rings is 1. The quantitative estimate of drug-likeness (QED) is 0.703. The van der Waals surface area contributed by atoms with Gasteiger partial charge in [0.2, 0.25) is 11.2 Å². The second kappa shape index (κ2) is 8.19. The van der Waals surface area contributed by atoms with Crippen LogP contribution in [0.1, 0.15) is 38.8 Å². The summed E-state index contributed by atoms with van der Waals surface area (Å²) in [4.78, 5) is 19.9. The Labute approximate surface area is 158 Å². The summed E-state index contributed by atoms with van der Waals surface area (Å²) in [6, 6.07) is 5.13. The molecule has 1 heterocycles. The number of rotatable bonds is 4. The Hall–Kier alpha value is -2.60. The first-order valence-electron chi connectivity index (χ1n) is 8.12. The van der Waals surface area contributed by atoms with Gasteiger partial charge in [0.1, 0.15) is 11.4 Å². The number of halogens is 1. The van der Waals surface area contributed by atoms with Crippen LogP contribution in [0.4, 0.5) is 10.5 Å². The molecular formula is C19H22ClN3O3. The predicted octanol–water partition coefficient (Wildman–Crippen LogP) is 5.61. The summed E-state index contributed by atoms with van der Waals surface area (Å²) < 4.78 is 11.1. The Kier molecular flexibility index (Phi) is 6.21. The number of hydrogen-bond acceptors (Lipinski definition) is 5. The topological polar surface area (TPSA) is 73.3 Å². The van der Waals surface area contributed by atoms with Crippen molar-refractivity contribution in [1.29, 1.82) is 0 Å². The number of nitrogens with zero attached hydrogens (tertiary/aromatic N) is 2. The van der Waals surface area contributed by atoms with Crippen LogP contribution in [-0.2, 0) is 4.74 Å². The zero-order valence-electron chi connectivity index (χ0n) is 15.5. The number of nitrogens with one attached hydrogen (secondary N) is 1. The summed E-state index contributed by atoms with van der Waals surface area (Å²) in [6.07, 6.45) is 4.79. The molecule has 138 valence electrons. The van der Waals surface area contributed by atoms with E-state index >= 15 is 0 Å². The van der Waals surface area contributed by atoms with Gasteiger partial charge in [-0.25, -0.2) is 9.78 Å². The lowest BCUT2D eigenvalue weighted by atomic mass is 10.0. The van der Waals surface area contributed by atoms with E-state index in [1.165, 1.54) is 6.20 Å². The van der Waals surface area contributed by atoms with Gasteiger partial charge in [-0.05, 0) is 63.9 Å². The number of amides is 1. The average Bonchev–Trinajstić information content (AvgIpc) is 2.52. The normalized spacial score (nSPS) is 11.5. The van der Waals surface area contributed by atoms with Crippen molar-refractivity contribution in [2.75, 3.05) is 5.32 Å². The van der Waals surface area contributed by atoms with E-state index in [9.17, 15) is 4.79 Å². The molecule has 0 atom stereocenters. The maximum Gasteiger partial charge on any atom is 0.412 e. The van der Waals surface area contributed by atoms with Crippen molar-refractivity contribution < 1.29 is 14.3 Å². The molecule has 1 amide bonds. The van der Waals surface area contributed by atoms with Gasteiger partial charge in [-0.3, -0.25) is 5.32 Å². The van der Waals surface area contributed by atoms with E-state index in [0.29, 0.717) is 17.3 Å². The molecule has 1 aromatic carbocycles. The number of ether oxygens (including phenoxy) is 2. The molecule has 26 heavy (non-hydrogen) atoms. The third kappa shape index (κ3) is 5.46. The smallest absolute Gasteiger partial charge is 0.412 e. The molecule has 7 heteroatoms. The summed E-state index contributed by atoms with van der Waals surface area (Å²) in [5.74, 6) is 0.924. The van der Waals surface area contributed by atoms with Crippen LogP contribution in [0, 0.1) is 6.92 Å². The van der Waals surface area contributed by atoms with Crippen LogP contribution >= 0.6 is 11.6 Å². The van der Waals surface area contributed by atoms with Crippen molar-refractivity contribution in [1.82, 2.24) is 9.97 Å². The van der Waals surface area contributed by atoms with E-state index in [4.69, 9.17) is 21.1 Å². The zero-order valence-corrected chi connectivity index (χ0v) is 16.2. The highest BCUT2D eigenvalue weighted by Gasteiger charge is 2.18. The van der Waals surface area contributed by atoms with Crippen LogP contribution < -0.4 is 10.1 Å². The predicted molar refractivity (Wildman–Crippen MR) is 103 cm³/mol. The third-order valence-electron chi connectivity index (χ3n) is 3.26. The van der Waals surface area contributed by atoms with Gasteiger partial charge >= 0.3 is 6.09 Å². The Bertz CT molecular complexity index is 829. The maximum absolute atomic E-state index is 12.0. The highest BCUT2D eigenvalue weighted by atomic mass is 35.5. The van der Waals surface area contributed by atoms with Crippen molar-refractivity contribution in [3.05, 3.63) is 46.9 Å². The minimum Gasteiger partial charge on any atom is -0.444 e. The molecule has 0 bridgehead atoms. The summed E-state index contributed by atoms with van der Waals surface area (Å²) in [6.45, 7) is 9.23. The van der Waals surface area contributed by atoms with Crippen LogP contribution in [-0.4, -0.2) is 21.7 Å². The molecule has 0 unspecified atom stereocenters. The molecule has 0 saturated carbocycles. The third-order valence-corrected chi connectivity index (χ3v) is 3.44. The van der Waals surface area contributed by atoms with Gasteiger partial charge in [-0.15, -0.1) is 0 Å². The highest BCUT2D eigenvalue weighted by Crippen LogP contribution is 2.32. The first kappa shape index (κ1) is 19.7. The van der Waals surface area contributed by atoms with Gasteiger partial charge < -0.3 is 9.47 Å². The molecule has 1 aromatic heterocycles. The number of anilines is 1. The number of hydrogen-bond donors (Lipinski definition) is 1. The molecule has 0 aliphatic rings. The van der Waals surface area contributed by atoms with Gasteiger partial charge in [-0.1, -0.05) is 12.2 Å². The maximum atomic E-state index is 12.0. The monoisotopic (exact) mass is 375 g/mol. The van der Waals surface area contributed by atoms with E-state index in [1.807, 2.05) is 46.8 Å². The lowest BCUT2D eigenvalue weighted by Crippen LogP contribution is -2.27. The van der Waals surface area contributed by atoms with E-state index in [1.54, 1.807) is 18.2 Å². The van der Waals surface area contributed by atoms with Gasteiger partial charge in [-0.2, -0.15) is 4.98 Å². The fourth-order valence-corrected chi connectivity index (χ4v) is 2.34. The molecule has 1 N–H and O–H groups in total. The fraction of sp³-hybridized carbons (Fsp3) is 0.316. The summed E-state index contributed by atoms with van der Waals surface area (Å²) in [7, 11) is 0. The van der Waals surface area contributed by atoms with Crippen LogP contribution in [0.2, 0.25) is 5.28 Å². The van der Waals surface area contributed by atoms with Gasteiger partial charge in [0.05, 0.1) is 0 Å². The average molecular weight is 376 g/mol. The molecule has 0 spiro atoms. The Balaban J connectivity index is 2.31. The first-order valence-corrected chi connectivity index (χ1v) is 8.50. The van der Waals surface area contributed by atoms with E-state index in [2.05, 4.69) is 15.3 Å². The Morgan fingerprint density at radius 3 is 2.62 bits per heavy atom. The molecule has 0 radical (unpaired) electrons. The number of carbonyl (C=O) groups excluding carboxylic acids is 1. The number of carbonyl (C=O) groups is 1. The largest absolute Gasteiger partial charge is 0.444 e. The molecule has 2 rings (SSSR count). The van der Waals surface area contributed by atoms with Crippen LogP contribution in [0.15, 0.2) is 30.5 Å². The van der Waals surface area contributed by atoms with E-state index < -0.39 is 11.7 Å². The Morgan fingerprint density at radius 1 is 1.27 bits per heavy atom. The minimum atomic E-state index is -0.570. The lowest BCUT2D eigenvalue weighted by Gasteiger charge is -2.21. The summed E-state index contributed by atoms with van der Waals surface area (Å²) >= 11 is 5.80. The van der Waals surface area contributed by atoms with Crippen molar-refractivity contribution in [2.24, 2.45) is 0 Å². The van der Waals surface area contributed by atoms with Gasteiger partial charge in [0.15, 0.2) is 0 Å². The first-order chi connectivity index (χ1) is 12.2. The molecular weight excluding hydrogens is 354 g/mol. The molecule has 0 aliphatic carbocycles. The van der Waals surface area contributed by atoms with Crippen molar-refractivity contribution in [3.8, 4) is 11.6 Å². The molecule has 6 nitrogen and oxygen atoms in total. The Morgan fingerprint density at radius 2 is 2.00 bits per heavy atom. The minimum absolute atomic E-state index is 0.106. The van der Waals surface area contributed by atoms with Gasteiger partial charge in [0, 0.05) is 23.5 Å². The van der Waals surface area contributed by atoms with Crippen LogP contribution in [0.5, 0.6) is 11.6 Å². The SMILES string of the molecule is C/C=C\c1c(Oc2ccnc(Cl)n2)ccc(NC(=O)OC(C)(C)C)c1C. The molecule has 0 fully saturated rings. The van der Waals surface area contributed by atoms with Crippen molar-refractivity contribution in [3.63, 3.8) is 0 Å². The van der Waals surface area contributed by atoms with E-state index in [0.717, 1.165) is 11.1 Å². The summed E-state index contributed by atoms with van der Waals surface area (Å²) in [5, 5.41) is 2.87. The molecule has 2 aromatic rings. The fourth-order valence-electron chi connectivity index (χ4n) is 2.20. The lowest BCUT2D eigenvalue weighted by molar-refractivity contribution is 0.0636. The van der Waals surface area contributed by atoms with Crippen LogP contribution in [0.25, 0.3) is 6.08 Å². The van der Waals surface area contributed by atoms with Crippen molar-refractivity contribution >= 4 is 29.5 Å². The molecule has 0 saturated heterocycles. The number of aromatic nitrogens is 2. The van der Waals surface area contributed by atoms with Crippen molar-refractivity contribution in [2.45, 2.75) is 40.2 Å².